The van der Waals surface area contributed by atoms with E-state index in [2.05, 4.69) is 25.8 Å². The van der Waals surface area contributed by atoms with Gasteiger partial charge in [-0.15, -0.1) is 0 Å². The van der Waals surface area contributed by atoms with Gasteiger partial charge < -0.3 is 10.8 Å². The third kappa shape index (κ3) is 2.52. The minimum Gasteiger partial charge on any atom is -0.385 e. The van der Waals surface area contributed by atoms with Gasteiger partial charge in [0.1, 0.15) is 11.4 Å². The normalized spacial score (nSPS) is 44.3. The van der Waals surface area contributed by atoms with Crippen LogP contribution in [0.25, 0.3) is 0 Å². The molecule has 3 heteroatoms. The van der Waals surface area contributed by atoms with E-state index in [0.29, 0.717) is 29.1 Å². The molecule has 3 nitrogen and oxygen atoms in total. The summed E-state index contributed by atoms with van der Waals surface area (Å²) >= 11 is 0. The molecule has 0 saturated heterocycles. The van der Waals surface area contributed by atoms with Crippen LogP contribution in [0, 0.1) is 23.2 Å². The maximum atomic E-state index is 11.4. The topological polar surface area (TPSA) is 58.6 Å². The molecule has 2 aliphatic carbocycles. The van der Waals surface area contributed by atoms with Gasteiger partial charge in [-0.3, -0.25) is 4.99 Å². The molecule has 2 fully saturated rings. The molecule has 3 aliphatic rings. The number of hydrogen-bond donors (Lipinski definition) is 2. The lowest BCUT2D eigenvalue weighted by Crippen LogP contribution is -2.55. The summed E-state index contributed by atoms with van der Waals surface area (Å²) in [5.74, 6) is 1.95. The number of nitrogens with zero attached hydrogens (tertiary/aromatic N) is 1. The molecule has 1 heterocycles. The predicted molar refractivity (Wildman–Crippen MR) is 87.2 cm³/mol. The molecule has 0 aromatic heterocycles. The van der Waals surface area contributed by atoms with Gasteiger partial charge in [0.15, 0.2) is 0 Å². The van der Waals surface area contributed by atoms with Crippen LogP contribution in [0.4, 0.5) is 0 Å². The molecule has 0 radical (unpaired) electrons. The fourth-order valence-corrected chi connectivity index (χ4v) is 5.16. The summed E-state index contributed by atoms with van der Waals surface area (Å²) in [5.41, 5.74) is 5.81. The number of rotatable bonds is 1. The Balaban J connectivity index is 1.73. The lowest BCUT2D eigenvalue weighted by atomic mass is 9.62. The molecule has 3 N–H and O–H groups in total. The first-order valence-corrected chi connectivity index (χ1v) is 8.89. The Morgan fingerprint density at radius 2 is 1.67 bits per heavy atom. The zero-order chi connectivity index (χ0) is 15.3. The lowest BCUT2D eigenvalue weighted by molar-refractivity contribution is -0.0405. The van der Waals surface area contributed by atoms with E-state index in [4.69, 9.17) is 5.73 Å². The highest BCUT2D eigenvalue weighted by molar-refractivity contribution is 5.91. The van der Waals surface area contributed by atoms with Gasteiger partial charge in [-0.2, -0.15) is 0 Å². The molecule has 0 amide bonds. The summed E-state index contributed by atoms with van der Waals surface area (Å²) in [4.78, 5) is 4.65. The molecule has 0 aromatic carbocycles. The Labute approximate surface area is 129 Å². The van der Waals surface area contributed by atoms with Crippen LogP contribution in [0.5, 0.6) is 0 Å². The monoisotopic (exact) mass is 292 g/mol. The summed E-state index contributed by atoms with van der Waals surface area (Å²) in [5, 5.41) is 11.4. The molecular formula is C18H32N2O. The zero-order valence-corrected chi connectivity index (χ0v) is 13.9. The second kappa shape index (κ2) is 5.26. The Bertz CT molecular complexity index is 417. The van der Waals surface area contributed by atoms with E-state index in [-0.39, 0.29) is 0 Å². The van der Waals surface area contributed by atoms with Crippen molar-refractivity contribution in [2.45, 2.75) is 83.8 Å². The van der Waals surface area contributed by atoms with Gasteiger partial charge in [0.2, 0.25) is 0 Å². The van der Waals surface area contributed by atoms with Crippen molar-refractivity contribution in [2.24, 2.45) is 33.9 Å². The summed E-state index contributed by atoms with van der Waals surface area (Å²) in [6.07, 6.45) is 9.35. The number of amidine groups is 1. The van der Waals surface area contributed by atoms with Crippen molar-refractivity contribution in [1.82, 2.24) is 0 Å². The number of aliphatic imine (C=N–C) groups is 1. The molecule has 3 atom stereocenters. The fraction of sp³-hybridized carbons (Fsp3) is 0.944. The van der Waals surface area contributed by atoms with Gasteiger partial charge in [0.05, 0.1) is 6.04 Å². The van der Waals surface area contributed by atoms with Crippen molar-refractivity contribution >= 4 is 5.84 Å². The smallest absolute Gasteiger partial charge is 0.129 e. The molecule has 0 bridgehead atoms. The maximum absolute atomic E-state index is 11.4. The predicted octanol–water partition coefficient (Wildman–Crippen LogP) is 3.50. The average molecular weight is 292 g/mol. The Morgan fingerprint density at radius 3 is 2.29 bits per heavy atom. The highest BCUT2D eigenvalue weighted by atomic mass is 16.3. The van der Waals surface area contributed by atoms with Crippen LogP contribution >= 0.6 is 0 Å². The Morgan fingerprint density at radius 1 is 1.05 bits per heavy atom. The van der Waals surface area contributed by atoms with E-state index in [1.54, 1.807) is 0 Å². The van der Waals surface area contributed by atoms with Crippen LogP contribution in [-0.2, 0) is 0 Å². The molecule has 3 unspecified atom stereocenters. The van der Waals surface area contributed by atoms with Crippen molar-refractivity contribution in [1.29, 1.82) is 0 Å². The molecule has 0 aromatic rings. The highest BCUT2D eigenvalue weighted by Crippen LogP contribution is 2.50. The Kier molecular flexibility index (Phi) is 3.84. The van der Waals surface area contributed by atoms with Crippen LogP contribution in [0.1, 0.15) is 72.1 Å². The molecule has 0 spiro atoms. The largest absolute Gasteiger partial charge is 0.385 e. The van der Waals surface area contributed by atoms with Gasteiger partial charge in [-0.25, -0.2) is 0 Å². The molecule has 1 aliphatic heterocycles. The summed E-state index contributed by atoms with van der Waals surface area (Å²) in [7, 11) is 0. The molecule has 21 heavy (non-hydrogen) atoms. The van der Waals surface area contributed by atoms with E-state index in [1.807, 2.05) is 0 Å². The van der Waals surface area contributed by atoms with Crippen LogP contribution < -0.4 is 5.73 Å². The second-order valence-corrected chi connectivity index (χ2v) is 8.71. The second-order valence-electron chi connectivity index (χ2n) is 8.71. The van der Waals surface area contributed by atoms with E-state index in [0.717, 1.165) is 31.6 Å². The van der Waals surface area contributed by atoms with Crippen LogP contribution in [0.15, 0.2) is 4.99 Å². The van der Waals surface area contributed by atoms with E-state index in [9.17, 15) is 5.11 Å². The zero-order valence-electron chi connectivity index (χ0n) is 13.9. The van der Waals surface area contributed by atoms with Crippen molar-refractivity contribution in [3.05, 3.63) is 0 Å². The highest BCUT2D eigenvalue weighted by Gasteiger charge is 2.55. The van der Waals surface area contributed by atoms with Crippen molar-refractivity contribution in [3.8, 4) is 0 Å². The number of aliphatic hydroxyl groups is 1. The number of nitrogens with two attached hydrogens (primary N) is 1. The lowest BCUT2D eigenvalue weighted by Gasteiger charge is -2.45. The van der Waals surface area contributed by atoms with Crippen molar-refractivity contribution in [2.75, 3.05) is 0 Å². The number of hydrogen-bond acceptors (Lipinski definition) is 3. The fourth-order valence-electron chi connectivity index (χ4n) is 5.16. The van der Waals surface area contributed by atoms with Crippen LogP contribution in [0.3, 0.4) is 0 Å². The first-order chi connectivity index (χ1) is 9.83. The first-order valence-electron chi connectivity index (χ1n) is 8.89. The maximum Gasteiger partial charge on any atom is 0.129 e. The standard InChI is InChI=1S/C18H32N2O/c1-17(2,3)12-8-10-13(11-9-12)18(21)14-6-4-5-7-15(14)20-16(18)19/h12-15,21H,4-11H2,1-3H3,(H2,19,20). The molecule has 120 valence electrons. The minimum absolute atomic E-state index is 0.294. The summed E-state index contributed by atoms with van der Waals surface area (Å²) in [6, 6.07) is 0.295. The van der Waals surface area contributed by atoms with Gasteiger partial charge in [0, 0.05) is 5.92 Å². The Hall–Kier alpha value is -0.570. The van der Waals surface area contributed by atoms with Gasteiger partial charge in [0.25, 0.3) is 0 Å². The number of fused-ring (bicyclic) bond motifs is 1. The van der Waals surface area contributed by atoms with Crippen molar-refractivity contribution < 1.29 is 5.11 Å². The first kappa shape index (κ1) is 15.3. The van der Waals surface area contributed by atoms with Gasteiger partial charge in [-0.1, -0.05) is 33.6 Å². The van der Waals surface area contributed by atoms with E-state index >= 15 is 0 Å². The minimum atomic E-state index is -0.798. The summed E-state index contributed by atoms with van der Waals surface area (Å²) in [6.45, 7) is 7.03. The molecule has 2 saturated carbocycles. The summed E-state index contributed by atoms with van der Waals surface area (Å²) < 4.78 is 0. The third-order valence-electron chi connectivity index (χ3n) is 6.58. The van der Waals surface area contributed by atoms with Gasteiger partial charge >= 0.3 is 0 Å². The van der Waals surface area contributed by atoms with E-state index in [1.165, 1.54) is 25.7 Å². The average Bonchev–Trinajstić information content (AvgIpc) is 2.71. The third-order valence-corrected chi connectivity index (χ3v) is 6.58. The SMILES string of the molecule is CC(C)(C)C1CCC(C2(O)C(N)=NC3CCCCC32)CC1. The van der Waals surface area contributed by atoms with Crippen LogP contribution in [0.2, 0.25) is 0 Å². The van der Waals surface area contributed by atoms with Crippen LogP contribution in [-0.4, -0.2) is 22.6 Å². The quantitative estimate of drug-likeness (QED) is 0.777. The molecular weight excluding hydrogens is 260 g/mol. The van der Waals surface area contributed by atoms with Crippen molar-refractivity contribution in [3.63, 3.8) is 0 Å². The van der Waals surface area contributed by atoms with Gasteiger partial charge in [-0.05, 0) is 55.8 Å². The molecule has 3 rings (SSSR count). The van der Waals surface area contributed by atoms with E-state index < -0.39 is 5.60 Å².